The van der Waals surface area contributed by atoms with Gasteiger partial charge in [-0.15, -0.1) is 0 Å². The third-order valence-corrected chi connectivity index (χ3v) is 3.45. The molecule has 0 amide bonds. The molecule has 0 radical (unpaired) electrons. The van der Waals surface area contributed by atoms with Crippen molar-refractivity contribution in [3.63, 3.8) is 0 Å². The first kappa shape index (κ1) is 13.6. The van der Waals surface area contributed by atoms with Crippen LogP contribution in [-0.4, -0.2) is 41.2 Å². The summed E-state index contributed by atoms with van der Waals surface area (Å²) in [6, 6.07) is 1.82. The minimum atomic E-state index is -0.721. The zero-order valence-corrected chi connectivity index (χ0v) is 11.1. The van der Waals surface area contributed by atoms with Crippen molar-refractivity contribution >= 4 is 11.8 Å². The summed E-state index contributed by atoms with van der Waals surface area (Å²) in [6.45, 7) is 1.80. The van der Waals surface area contributed by atoms with Crippen LogP contribution in [0.1, 0.15) is 25.7 Å². The standard InChI is InChI=1S/C13H19N3O3/c1-19-12-7-11(14-9-15-12)16-6-2-3-10(8-16)4-5-13(17)18/h7,9-10H,2-6,8H2,1H3,(H,17,18). The number of ether oxygens (including phenoxy) is 1. The molecule has 0 aliphatic carbocycles. The van der Waals surface area contributed by atoms with Gasteiger partial charge in [0.15, 0.2) is 0 Å². The van der Waals surface area contributed by atoms with Gasteiger partial charge in [-0.1, -0.05) is 0 Å². The predicted molar refractivity (Wildman–Crippen MR) is 70.4 cm³/mol. The summed E-state index contributed by atoms with van der Waals surface area (Å²) < 4.78 is 5.10. The summed E-state index contributed by atoms with van der Waals surface area (Å²) in [5.74, 6) is 1.11. The Hall–Kier alpha value is -1.85. The van der Waals surface area contributed by atoms with Crippen molar-refractivity contribution in [3.8, 4) is 5.88 Å². The molecule has 1 unspecified atom stereocenters. The van der Waals surface area contributed by atoms with Gasteiger partial charge in [-0.25, -0.2) is 9.97 Å². The van der Waals surface area contributed by atoms with E-state index in [1.165, 1.54) is 6.33 Å². The van der Waals surface area contributed by atoms with Gasteiger partial charge in [0.25, 0.3) is 0 Å². The summed E-state index contributed by atoms with van der Waals surface area (Å²) in [7, 11) is 1.58. The molecule has 2 heterocycles. The number of carbonyl (C=O) groups is 1. The lowest BCUT2D eigenvalue weighted by atomic mass is 9.93. The van der Waals surface area contributed by atoms with E-state index in [1.807, 2.05) is 6.07 Å². The van der Waals surface area contributed by atoms with Crippen LogP contribution in [0.25, 0.3) is 0 Å². The molecule has 1 saturated heterocycles. The highest BCUT2D eigenvalue weighted by molar-refractivity contribution is 5.66. The molecule has 1 aromatic rings. The van der Waals surface area contributed by atoms with Crippen LogP contribution < -0.4 is 9.64 Å². The van der Waals surface area contributed by atoms with E-state index in [0.29, 0.717) is 11.8 Å². The molecular formula is C13H19N3O3. The van der Waals surface area contributed by atoms with E-state index >= 15 is 0 Å². The van der Waals surface area contributed by atoms with E-state index in [0.717, 1.165) is 38.2 Å². The molecule has 1 aliphatic rings. The Morgan fingerprint density at radius 3 is 3.16 bits per heavy atom. The lowest BCUT2D eigenvalue weighted by Crippen LogP contribution is -2.36. The molecule has 0 aromatic carbocycles. The monoisotopic (exact) mass is 265 g/mol. The molecule has 104 valence electrons. The number of piperidine rings is 1. The number of hydrogen-bond acceptors (Lipinski definition) is 5. The van der Waals surface area contributed by atoms with Gasteiger partial charge in [-0.3, -0.25) is 4.79 Å². The number of anilines is 1. The average Bonchev–Trinajstić information content (AvgIpc) is 2.45. The highest BCUT2D eigenvalue weighted by Gasteiger charge is 2.21. The average molecular weight is 265 g/mol. The van der Waals surface area contributed by atoms with Crippen LogP contribution in [0, 0.1) is 5.92 Å². The molecule has 1 N–H and O–H groups in total. The molecule has 6 nitrogen and oxygen atoms in total. The Bertz CT molecular complexity index is 439. The number of aliphatic carboxylic acids is 1. The lowest BCUT2D eigenvalue weighted by molar-refractivity contribution is -0.137. The van der Waals surface area contributed by atoms with Crippen LogP contribution in [0.2, 0.25) is 0 Å². The highest BCUT2D eigenvalue weighted by atomic mass is 16.5. The lowest BCUT2D eigenvalue weighted by Gasteiger charge is -2.33. The number of rotatable bonds is 5. The molecule has 19 heavy (non-hydrogen) atoms. The summed E-state index contributed by atoms with van der Waals surface area (Å²) in [4.78, 5) is 21.1. The number of carboxylic acid groups (broad SMARTS) is 1. The number of carboxylic acids is 1. The SMILES string of the molecule is COc1cc(N2CCCC(CCC(=O)O)C2)ncn1. The zero-order valence-electron chi connectivity index (χ0n) is 11.1. The zero-order chi connectivity index (χ0) is 13.7. The second-order valence-electron chi connectivity index (χ2n) is 4.81. The Labute approximate surface area is 112 Å². The quantitative estimate of drug-likeness (QED) is 0.871. The second kappa shape index (κ2) is 6.36. The van der Waals surface area contributed by atoms with Gasteiger partial charge in [0, 0.05) is 25.6 Å². The molecule has 0 bridgehead atoms. The summed E-state index contributed by atoms with van der Waals surface area (Å²) in [5, 5.41) is 8.74. The first-order valence-corrected chi connectivity index (χ1v) is 6.52. The number of methoxy groups -OCH3 is 1. The van der Waals surface area contributed by atoms with Crippen molar-refractivity contribution in [3.05, 3.63) is 12.4 Å². The topological polar surface area (TPSA) is 75.5 Å². The van der Waals surface area contributed by atoms with Crippen molar-refractivity contribution in [1.29, 1.82) is 0 Å². The van der Waals surface area contributed by atoms with Gasteiger partial charge in [0.1, 0.15) is 12.1 Å². The largest absolute Gasteiger partial charge is 0.481 e. The second-order valence-corrected chi connectivity index (χ2v) is 4.81. The number of aromatic nitrogens is 2. The van der Waals surface area contributed by atoms with Gasteiger partial charge < -0.3 is 14.7 Å². The minimum absolute atomic E-state index is 0.242. The van der Waals surface area contributed by atoms with Gasteiger partial charge in [-0.05, 0) is 25.2 Å². The van der Waals surface area contributed by atoms with E-state index in [4.69, 9.17) is 9.84 Å². The molecule has 1 atom stereocenters. The summed E-state index contributed by atoms with van der Waals surface area (Å²) in [5.41, 5.74) is 0. The number of nitrogens with zero attached hydrogens (tertiary/aromatic N) is 3. The summed E-state index contributed by atoms with van der Waals surface area (Å²) in [6.07, 6.45) is 4.62. The maximum atomic E-state index is 10.6. The van der Waals surface area contributed by atoms with Crippen LogP contribution in [0.3, 0.4) is 0 Å². The Morgan fingerprint density at radius 1 is 1.58 bits per heavy atom. The molecule has 0 saturated carbocycles. The van der Waals surface area contributed by atoms with Crippen molar-refractivity contribution in [2.24, 2.45) is 5.92 Å². The van der Waals surface area contributed by atoms with Gasteiger partial charge in [-0.2, -0.15) is 0 Å². The Morgan fingerprint density at radius 2 is 2.42 bits per heavy atom. The first-order chi connectivity index (χ1) is 9.19. The van der Waals surface area contributed by atoms with Crippen LogP contribution >= 0.6 is 0 Å². The van der Waals surface area contributed by atoms with Crippen molar-refractivity contribution < 1.29 is 14.6 Å². The maximum Gasteiger partial charge on any atom is 0.303 e. The van der Waals surface area contributed by atoms with E-state index in [-0.39, 0.29) is 6.42 Å². The summed E-state index contributed by atoms with van der Waals surface area (Å²) >= 11 is 0. The fourth-order valence-electron chi connectivity index (χ4n) is 2.45. The first-order valence-electron chi connectivity index (χ1n) is 6.52. The Kier molecular flexibility index (Phi) is 4.54. The molecule has 0 spiro atoms. The molecule has 6 heteroatoms. The molecular weight excluding hydrogens is 246 g/mol. The van der Waals surface area contributed by atoms with E-state index in [1.54, 1.807) is 7.11 Å². The van der Waals surface area contributed by atoms with Gasteiger partial charge >= 0.3 is 5.97 Å². The molecule has 2 rings (SSSR count). The number of hydrogen-bond donors (Lipinski definition) is 1. The normalized spacial score (nSPS) is 19.2. The maximum absolute atomic E-state index is 10.6. The fraction of sp³-hybridized carbons (Fsp3) is 0.615. The van der Waals surface area contributed by atoms with Crippen LogP contribution in [-0.2, 0) is 4.79 Å². The van der Waals surface area contributed by atoms with Gasteiger partial charge in [0.05, 0.1) is 7.11 Å². The smallest absolute Gasteiger partial charge is 0.303 e. The Balaban J connectivity index is 1.97. The van der Waals surface area contributed by atoms with Crippen LogP contribution in [0.4, 0.5) is 5.82 Å². The van der Waals surface area contributed by atoms with Crippen LogP contribution in [0.15, 0.2) is 12.4 Å². The van der Waals surface area contributed by atoms with E-state index < -0.39 is 5.97 Å². The molecule has 1 aliphatic heterocycles. The van der Waals surface area contributed by atoms with Gasteiger partial charge in [0.2, 0.25) is 5.88 Å². The molecule has 1 fully saturated rings. The molecule has 1 aromatic heterocycles. The van der Waals surface area contributed by atoms with Crippen LogP contribution in [0.5, 0.6) is 5.88 Å². The van der Waals surface area contributed by atoms with Crippen molar-refractivity contribution in [2.75, 3.05) is 25.1 Å². The van der Waals surface area contributed by atoms with Crippen molar-refractivity contribution in [2.45, 2.75) is 25.7 Å². The fourth-order valence-corrected chi connectivity index (χ4v) is 2.45. The van der Waals surface area contributed by atoms with E-state index in [2.05, 4.69) is 14.9 Å². The van der Waals surface area contributed by atoms with Crippen molar-refractivity contribution in [1.82, 2.24) is 9.97 Å². The predicted octanol–water partition coefficient (Wildman–Crippen LogP) is 1.57. The highest BCUT2D eigenvalue weighted by Crippen LogP contribution is 2.25. The third-order valence-electron chi connectivity index (χ3n) is 3.45. The minimum Gasteiger partial charge on any atom is -0.481 e. The third kappa shape index (κ3) is 3.81. The van der Waals surface area contributed by atoms with E-state index in [9.17, 15) is 4.79 Å².